The number of halogens is 1. The van der Waals surface area contributed by atoms with Crippen molar-refractivity contribution in [1.82, 2.24) is 4.90 Å². The fraction of sp³-hybridized carbons (Fsp3) is 0.750. The third-order valence-corrected chi connectivity index (χ3v) is 3.47. The van der Waals surface area contributed by atoms with E-state index in [1.165, 1.54) is 18.4 Å². The summed E-state index contributed by atoms with van der Waals surface area (Å²) < 4.78 is 13.3. The minimum atomic E-state index is -0.901. The molecule has 3 nitrogen and oxygen atoms in total. The first-order valence-corrected chi connectivity index (χ1v) is 6.02. The Bertz CT molecular complexity index is 303. The SMILES string of the molecule is NC(=O)[C@@H]1C[C@@H](F)CN1CC1=CCCCC1. The van der Waals surface area contributed by atoms with Gasteiger partial charge in [-0.25, -0.2) is 4.39 Å². The van der Waals surface area contributed by atoms with Gasteiger partial charge in [0.1, 0.15) is 6.17 Å². The Labute approximate surface area is 95.5 Å². The molecule has 2 N–H and O–H groups in total. The van der Waals surface area contributed by atoms with Crippen LogP contribution in [0.4, 0.5) is 4.39 Å². The van der Waals surface area contributed by atoms with E-state index in [4.69, 9.17) is 5.73 Å². The molecule has 2 atom stereocenters. The number of hydrogen-bond acceptors (Lipinski definition) is 2. The van der Waals surface area contributed by atoms with Crippen molar-refractivity contribution in [2.45, 2.75) is 44.3 Å². The summed E-state index contributed by atoms with van der Waals surface area (Å²) in [7, 11) is 0. The molecule has 1 aliphatic carbocycles. The maximum Gasteiger partial charge on any atom is 0.234 e. The van der Waals surface area contributed by atoms with Crippen molar-refractivity contribution in [1.29, 1.82) is 0 Å². The van der Waals surface area contributed by atoms with E-state index in [9.17, 15) is 9.18 Å². The van der Waals surface area contributed by atoms with E-state index < -0.39 is 18.1 Å². The second kappa shape index (κ2) is 4.95. The smallest absolute Gasteiger partial charge is 0.234 e. The third kappa shape index (κ3) is 2.61. The number of carbonyl (C=O) groups excluding carboxylic acids is 1. The second-order valence-electron chi connectivity index (χ2n) is 4.79. The highest BCUT2D eigenvalue weighted by Gasteiger charge is 2.35. The number of nitrogens with zero attached hydrogens (tertiary/aromatic N) is 1. The van der Waals surface area contributed by atoms with Crippen molar-refractivity contribution in [3.8, 4) is 0 Å². The number of primary amides is 1. The van der Waals surface area contributed by atoms with Gasteiger partial charge in [-0.05, 0) is 25.7 Å². The van der Waals surface area contributed by atoms with Crippen LogP contribution in [0.25, 0.3) is 0 Å². The number of allylic oxidation sites excluding steroid dienone is 1. The Hall–Kier alpha value is -0.900. The fourth-order valence-corrected chi connectivity index (χ4v) is 2.63. The van der Waals surface area contributed by atoms with Crippen LogP contribution in [0.2, 0.25) is 0 Å². The molecule has 2 aliphatic rings. The van der Waals surface area contributed by atoms with Crippen molar-refractivity contribution in [3.63, 3.8) is 0 Å². The monoisotopic (exact) mass is 226 g/mol. The second-order valence-corrected chi connectivity index (χ2v) is 4.79. The minimum Gasteiger partial charge on any atom is -0.368 e. The minimum absolute atomic E-state index is 0.266. The third-order valence-electron chi connectivity index (χ3n) is 3.47. The number of nitrogens with two attached hydrogens (primary N) is 1. The lowest BCUT2D eigenvalue weighted by molar-refractivity contribution is -0.122. The molecule has 0 aromatic heterocycles. The van der Waals surface area contributed by atoms with E-state index in [2.05, 4.69) is 6.08 Å². The molecule has 1 saturated heterocycles. The van der Waals surface area contributed by atoms with E-state index in [1.807, 2.05) is 4.90 Å². The van der Waals surface area contributed by atoms with Crippen LogP contribution in [0.1, 0.15) is 32.1 Å². The highest BCUT2D eigenvalue weighted by atomic mass is 19.1. The molecule has 0 spiro atoms. The van der Waals surface area contributed by atoms with Gasteiger partial charge in [0.15, 0.2) is 0 Å². The van der Waals surface area contributed by atoms with Gasteiger partial charge >= 0.3 is 0 Å². The summed E-state index contributed by atoms with van der Waals surface area (Å²) in [6.45, 7) is 1.07. The molecule has 90 valence electrons. The number of hydrogen-bond donors (Lipinski definition) is 1. The summed E-state index contributed by atoms with van der Waals surface area (Å²) in [6, 6.07) is -0.405. The van der Waals surface area contributed by atoms with Crippen molar-refractivity contribution in [2.24, 2.45) is 5.73 Å². The largest absolute Gasteiger partial charge is 0.368 e. The van der Waals surface area contributed by atoms with Crippen molar-refractivity contribution < 1.29 is 9.18 Å². The summed E-state index contributed by atoms with van der Waals surface area (Å²) in [5, 5.41) is 0. The molecule has 1 heterocycles. The fourth-order valence-electron chi connectivity index (χ4n) is 2.63. The number of amides is 1. The van der Waals surface area contributed by atoms with Crippen molar-refractivity contribution in [3.05, 3.63) is 11.6 Å². The number of likely N-dealkylation sites (tertiary alicyclic amines) is 1. The molecule has 0 unspecified atom stereocenters. The standard InChI is InChI=1S/C12H19FN2O/c13-10-6-11(12(14)16)15(8-10)7-9-4-2-1-3-5-9/h4,10-11H,1-3,5-8H2,(H2,14,16)/t10-,11+/m1/s1. The maximum absolute atomic E-state index is 13.3. The molecule has 0 saturated carbocycles. The van der Waals surface area contributed by atoms with Crippen molar-refractivity contribution >= 4 is 5.91 Å². The summed E-state index contributed by atoms with van der Waals surface area (Å²) in [6.07, 6.45) is 6.24. The van der Waals surface area contributed by atoms with E-state index in [-0.39, 0.29) is 6.42 Å². The summed E-state index contributed by atoms with van der Waals surface area (Å²) >= 11 is 0. The van der Waals surface area contributed by atoms with Crippen LogP contribution in [0.15, 0.2) is 11.6 Å². The van der Waals surface area contributed by atoms with Gasteiger partial charge in [0.05, 0.1) is 6.04 Å². The molecule has 2 rings (SSSR count). The molecular formula is C12H19FN2O. The Balaban J connectivity index is 1.97. The van der Waals surface area contributed by atoms with E-state index in [0.29, 0.717) is 13.1 Å². The van der Waals surface area contributed by atoms with Crippen molar-refractivity contribution in [2.75, 3.05) is 13.1 Å². The Morgan fingerprint density at radius 3 is 3.00 bits per heavy atom. The van der Waals surface area contributed by atoms with E-state index >= 15 is 0 Å². The highest BCUT2D eigenvalue weighted by molar-refractivity contribution is 5.80. The van der Waals surface area contributed by atoms with Crippen LogP contribution in [-0.4, -0.2) is 36.1 Å². The lowest BCUT2D eigenvalue weighted by Gasteiger charge is -2.24. The maximum atomic E-state index is 13.3. The van der Waals surface area contributed by atoms with Crippen LogP contribution in [0.3, 0.4) is 0 Å². The predicted octanol–water partition coefficient (Wildman–Crippen LogP) is 1.38. The van der Waals surface area contributed by atoms with Gasteiger partial charge in [-0.1, -0.05) is 11.6 Å². The molecule has 1 amide bonds. The van der Waals surface area contributed by atoms with Gasteiger partial charge < -0.3 is 5.73 Å². The molecule has 16 heavy (non-hydrogen) atoms. The Kier molecular flexibility index (Phi) is 3.59. The first-order chi connectivity index (χ1) is 7.66. The molecule has 4 heteroatoms. The number of alkyl halides is 1. The first-order valence-electron chi connectivity index (χ1n) is 6.02. The lowest BCUT2D eigenvalue weighted by atomic mass is 9.99. The average molecular weight is 226 g/mol. The normalized spacial score (nSPS) is 31.4. The molecule has 1 fully saturated rings. The zero-order valence-electron chi connectivity index (χ0n) is 9.49. The Morgan fingerprint density at radius 1 is 1.56 bits per heavy atom. The Morgan fingerprint density at radius 2 is 2.38 bits per heavy atom. The number of rotatable bonds is 3. The van der Waals surface area contributed by atoms with Crippen LogP contribution in [-0.2, 0) is 4.79 Å². The van der Waals surface area contributed by atoms with Crippen LogP contribution in [0.5, 0.6) is 0 Å². The molecular weight excluding hydrogens is 207 g/mol. The molecule has 0 radical (unpaired) electrons. The van der Waals surface area contributed by atoms with Gasteiger partial charge in [-0.15, -0.1) is 0 Å². The quantitative estimate of drug-likeness (QED) is 0.739. The zero-order chi connectivity index (χ0) is 11.5. The van der Waals surface area contributed by atoms with Gasteiger partial charge in [-0.3, -0.25) is 9.69 Å². The topological polar surface area (TPSA) is 46.3 Å². The van der Waals surface area contributed by atoms with Crippen LogP contribution >= 0.6 is 0 Å². The highest BCUT2D eigenvalue weighted by Crippen LogP contribution is 2.24. The summed E-state index contributed by atoms with van der Waals surface area (Å²) in [5.74, 6) is -0.392. The van der Waals surface area contributed by atoms with Crippen LogP contribution < -0.4 is 5.73 Å². The molecule has 0 aromatic carbocycles. The zero-order valence-corrected chi connectivity index (χ0v) is 9.49. The predicted molar refractivity (Wildman–Crippen MR) is 60.6 cm³/mol. The summed E-state index contributed by atoms with van der Waals surface area (Å²) in [5.41, 5.74) is 6.63. The first kappa shape index (κ1) is 11.6. The summed E-state index contributed by atoms with van der Waals surface area (Å²) in [4.78, 5) is 13.1. The molecule has 0 bridgehead atoms. The average Bonchev–Trinajstić information content (AvgIpc) is 2.61. The van der Waals surface area contributed by atoms with Gasteiger partial charge in [0.2, 0.25) is 5.91 Å². The van der Waals surface area contributed by atoms with E-state index in [1.54, 1.807) is 0 Å². The van der Waals surface area contributed by atoms with Crippen LogP contribution in [0, 0.1) is 0 Å². The van der Waals surface area contributed by atoms with E-state index in [0.717, 1.165) is 12.8 Å². The molecule has 0 aromatic rings. The molecule has 1 aliphatic heterocycles. The van der Waals surface area contributed by atoms with Gasteiger partial charge in [0.25, 0.3) is 0 Å². The lowest BCUT2D eigenvalue weighted by Crippen LogP contribution is -2.41. The number of carbonyl (C=O) groups is 1. The van der Waals surface area contributed by atoms with Gasteiger partial charge in [0, 0.05) is 19.5 Å². The van der Waals surface area contributed by atoms with Gasteiger partial charge in [-0.2, -0.15) is 0 Å².